The zero-order chi connectivity index (χ0) is 10.8. The van der Waals surface area contributed by atoms with Crippen LogP contribution in [0, 0.1) is 5.82 Å². The second kappa shape index (κ2) is 4.18. The zero-order valence-electron chi connectivity index (χ0n) is 7.82. The molecule has 0 aromatic heterocycles. The van der Waals surface area contributed by atoms with E-state index >= 15 is 0 Å². The van der Waals surface area contributed by atoms with Gasteiger partial charge in [-0.3, -0.25) is 4.90 Å². The average molecular weight is 274 g/mol. The summed E-state index contributed by atoms with van der Waals surface area (Å²) in [6.45, 7) is 0.452. The number of hydrogen-bond acceptors (Lipinski definition) is 2. The van der Waals surface area contributed by atoms with Crippen molar-refractivity contribution in [1.82, 2.24) is 0 Å². The second-order valence-corrected chi connectivity index (χ2v) is 3.90. The van der Waals surface area contributed by atoms with Gasteiger partial charge in [-0.15, -0.1) is 0 Å². The summed E-state index contributed by atoms with van der Waals surface area (Å²) < 4.78 is 18.0. The highest BCUT2D eigenvalue weighted by Crippen LogP contribution is 2.22. The third-order valence-electron chi connectivity index (χ3n) is 2.17. The number of anilines is 1. The van der Waals surface area contributed by atoms with Crippen LogP contribution in [0.2, 0.25) is 0 Å². The minimum Gasteiger partial charge on any atom is -0.443 e. The third kappa shape index (κ3) is 2.12. The molecule has 1 amide bonds. The molecule has 0 unspecified atom stereocenters. The van der Waals surface area contributed by atoms with Crippen molar-refractivity contribution in [2.45, 2.75) is 6.10 Å². The number of carbonyl (C=O) groups is 1. The molecule has 5 heteroatoms. The molecule has 0 saturated carbocycles. The normalized spacial score (nSPS) is 20.5. The molecule has 1 aliphatic rings. The first-order chi connectivity index (χ1) is 7.20. The molecule has 0 aliphatic carbocycles. The van der Waals surface area contributed by atoms with Crippen LogP contribution in [0.5, 0.6) is 0 Å². The van der Waals surface area contributed by atoms with E-state index in [1.807, 2.05) is 0 Å². The molecule has 1 saturated heterocycles. The van der Waals surface area contributed by atoms with Gasteiger partial charge in [-0.05, 0) is 18.2 Å². The number of ether oxygens (including phenoxy) is 1. The van der Waals surface area contributed by atoms with Crippen molar-refractivity contribution in [1.29, 1.82) is 0 Å². The summed E-state index contributed by atoms with van der Waals surface area (Å²) in [5, 5.41) is 0.588. The minimum atomic E-state index is -0.426. The maximum absolute atomic E-state index is 12.9. The quantitative estimate of drug-likeness (QED) is 0.776. The Morgan fingerprint density at radius 1 is 1.60 bits per heavy atom. The number of cyclic esters (lactones) is 1. The molecule has 1 fully saturated rings. The molecule has 1 aliphatic heterocycles. The van der Waals surface area contributed by atoms with Gasteiger partial charge >= 0.3 is 6.09 Å². The summed E-state index contributed by atoms with van der Waals surface area (Å²) in [4.78, 5) is 12.8. The number of hydrogen-bond donors (Lipinski definition) is 0. The smallest absolute Gasteiger partial charge is 0.414 e. The molecule has 1 atom stereocenters. The minimum absolute atomic E-state index is 0.166. The van der Waals surface area contributed by atoms with Crippen LogP contribution in [-0.4, -0.2) is 24.1 Å². The Bertz CT molecular complexity index is 385. The molecule has 0 spiro atoms. The van der Waals surface area contributed by atoms with Crippen LogP contribution in [0.4, 0.5) is 14.9 Å². The van der Waals surface area contributed by atoms with E-state index in [0.29, 0.717) is 17.6 Å². The van der Waals surface area contributed by atoms with Crippen LogP contribution < -0.4 is 4.90 Å². The van der Waals surface area contributed by atoms with E-state index in [0.717, 1.165) is 0 Å². The maximum atomic E-state index is 12.9. The van der Waals surface area contributed by atoms with Gasteiger partial charge in [-0.25, -0.2) is 9.18 Å². The SMILES string of the molecule is O=C1O[C@@H](CBr)CN1c1cccc(F)c1. The second-order valence-electron chi connectivity index (χ2n) is 3.25. The first kappa shape index (κ1) is 10.4. The Morgan fingerprint density at radius 3 is 3.00 bits per heavy atom. The van der Waals surface area contributed by atoms with Crippen molar-refractivity contribution in [3.8, 4) is 0 Å². The van der Waals surface area contributed by atoms with E-state index < -0.39 is 6.09 Å². The van der Waals surface area contributed by atoms with Crippen LogP contribution in [0.25, 0.3) is 0 Å². The lowest BCUT2D eigenvalue weighted by Gasteiger charge is -2.12. The molecule has 15 heavy (non-hydrogen) atoms. The molecule has 0 N–H and O–H groups in total. The van der Waals surface area contributed by atoms with E-state index in [2.05, 4.69) is 15.9 Å². The largest absolute Gasteiger partial charge is 0.443 e. The summed E-state index contributed by atoms with van der Waals surface area (Å²) in [7, 11) is 0. The number of alkyl halides is 1. The Labute approximate surface area is 95.0 Å². The van der Waals surface area contributed by atoms with Crippen molar-refractivity contribution < 1.29 is 13.9 Å². The number of nitrogens with zero attached hydrogens (tertiary/aromatic N) is 1. The van der Waals surface area contributed by atoms with Gasteiger partial charge in [0.25, 0.3) is 0 Å². The number of amides is 1. The lowest BCUT2D eigenvalue weighted by molar-refractivity contribution is 0.152. The standard InChI is InChI=1S/C10H9BrFNO2/c11-5-9-6-13(10(14)15-9)8-3-1-2-7(12)4-8/h1-4,9H,5-6H2/t9-/m0/s1. The average Bonchev–Trinajstić information content (AvgIpc) is 2.60. The lowest BCUT2D eigenvalue weighted by atomic mass is 10.3. The van der Waals surface area contributed by atoms with Crippen molar-refractivity contribution >= 4 is 27.7 Å². The topological polar surface area (TPSA) is 29.5 Å². The zero-order valence-corrected chi connectivity index (χ0v) is 9.41. The molecule has 1 heterocycles. The molecular formula is C10H9BrFNO2. The van der Waals surface area contributed by atoms with Crippen LogP contribution in [-0.2, 0) is 4.74 Å². The Hall–Kier alpha value is -1.10. The van der Waals surface area contributed by atoms with Gasteiger partial charge in [0.1, 0.15) is 11.9 Å². The van der Waals surface area contributed by atoms with Crippen molar-refractivity contribution in [2.24, 2.45) is 0 Å². The van der Waals surface area contributed by atoms with E-state index in [1.54, 1.807) is 12.1 Å². The summed E-state index contributed by atoms with van der Waals surface area (Å²) >= 11 is 3.24. The van der Waals surface area contributed by atoms with E-state index in [-0.39, 0.29) is 11.9 Å². The van der Waals surface area contributed by atoms with Crippen LogP contribution in [0.1, 0.15) is 0 Å². The van der Waals surface area contributed by atoms with Gasteiger partial charge in [-0.2, -0.15) is 0 Å². The Morgan fingerprint density at radius 2 is 2.40 bits per heavy atom. The molecular weight excluding hydrogens is 265 g/mol. The third-order valence-corrected chi connectivity index (χ3v) is 2.89. The molecule has 0 bridgehead atoms. The van der Waals surface area contributed by atoms with Crippen molar-refractivity contribution in [3.63, 3.8) is 0 Å². The van der Waals surface area contributed by atoms with Gasteiger partial charge in [0.05, 0.1) is 12.2 Å². The first-order valence-corrected chi connectivity index (χ1v) is 5.62. The van der Waals surface area contributed by atoms with Crippen LogP contribution in [0.15, 0.2) is 24.3 Å². The Balaban J connectivity index is 2.21. The molecule has 80 valence electrons. The van der Waals surface area contributed by atoms with Gasteiger partial charge in [0.2, 0.25) is 0 Å². The number of halogens is 2. The molecule has 3 nitrogen and oxygen atoms in total. The molecule has 2 rings (SSSR count). The molecule has 0 radical (unpaired) electrons. The van der Waals surface area contributed by atoms with E-state index in [4.69, 9.17) is 4.74 Å². The van der Waals surface area contributed by atoms with Crippen molar-refractivity contribution in [2.75, 3.05) is 16.8 Å². The number of carbonyl (C=O) groups excluding carboxylic acids is 1. The van der Waals surface area contributed by atoms with E-state index in [9.17, 15) is 9.18 Å². The summed E-state index contributed by atoms with van der Waals surface area (Å²) in [5.74, 6) is -0.359. The monoisotopic (exact) mass is 273 g/mol. The fraction of sp³-hybridized carbons (Fsp3) is 0.300. The maximum Gasteiger partial charge on any atom is 0.414 e. The van der Waals surface area contributed by atoms with Crippen LogP contribution >= 0.6 is 15.9 Å². The predicted octanol–water partition coefficient (Wildman–Crippen LogP) is 2.55. The van der Waals surface area contributed by atoms with Crippen LogP contribution in [0.3, 0.4) is 0 Å². The summed E-state index contributed by atoms with van der Waals surface area (Å²) in [6.07, 6.45) is -0.592. The fourth-order valence-electron chi connectivity index (χ4n) is 1.46. The van der Waals surface area contributed by atoms with E-state index in [1.165, 1.54) is 17.0 Å². The Kier molecular flexibility index (Phi) is 2.90. The number of benzene rings is 1. The van der Waals surface area contributed by atoms with Gasteiger partial charge in [0, 0.05) is 5.33 Å². The highest BCUT2D eigenvalue weighted by Gasteiger charge is 2.31. The summed E-state index contributed by atoms with van der Waals surface area (Å²) in [5.41, 5.74) is 0.531. The summed E-state index contributed by atoms with van der Waals surface area (Å²) in [6, 6.07) is 5.91. The first-order valence-electron chi connectivity index (χ1n) is 4.50. The molecule has 1 aromatic carbocycles. The number of rotatable bonds is 2. The van der Waals surface area contributed by atoms with Gasteiger partial charge in [-0.1, -0.05) is 22.0 Å². The lowest BCUT2D eigenvalue weighted by Crippen LogP contribution is -2.24. The van der Waals surface area contributed by atoms with Gasteiger partial charge in [0.15, 0.2) is 0 Å². The predicted molar refractivity (Wildman–Crippen MR) is 57.8 cm³/mol. The van der Waals surface area contributed by atoms with Crippen molar-refractivity contribution in [3.05, 3.63) is 30.1 Å². The fourth-order valence-corrected chi connectivity index (χ4v) is 1.79. The highest BCUT2D eigenvalue weighted by atomic mass is 79.9. The highest BCUT2D eigenvalue weighted by molar-refractivity contribution is 9.09. The molecule has 1 aromatic rings. The van der Waals surface area contributed by atoms with Gasteiger partial charge < -0.3 is 4.74 Å².